The molecule has 218 valence electrons. The zero-order valence-electron chi connectivity index (χ0n) is 25.5. The maximum absolute atomic E-state index is 5.42. The van der Waals surface area contributed by atoms with E-state index < -0.39 is 0 Å². The molecular weight excluding hydrogens is 558 g/mol. The number of benzene rings is 6. The van der Waals surface area contributed by atoms with Gasteiger partial charge in [-0.05, 0) is 59.5 Å². The summed E-state index contributed by atoms with van der Waals surface area (Å²) in [6.07, 6.45) is 0. The lowest BCUT2D eigenvalue weighted by Gasteiger charge is -2.19. The van der Waals surface area contributed by atoms with E-state index in [9.17, 15) is 0 Å². The summed E-state index contributed by atoms with van der Waals surface area (Å²) in [7, 11) is 0. The van der Waals surface area contributed by atoms with Gasteiger partial charge in [0.15, 0.2) is 0 Å². The molecule has 0 saturated heterocycles. The number of hydrogen-bond donors (Lipinski definition) is 0. The Morgan fingerprint density at radius 3 is 1.67 bits per heavy atom. The zero-order chi connectivity index (χ0) is 30.9. The van der Waals surface area contributed by atoms with E-state index in [4.69, 9.17) is 9.97 Å². The molecule has 3 heteroatoms. The van der Waals surface area contributed by atoms with Gasteiger partial charge in [-0.2, -0.15) is 0 Å². The Hall–Kier alpha value is -6.06. The first-order chi connectivity index (χ1) is 22.8. The van der Waals surface area contributed by atoms with Gasteiger partial charge in [0.25, 0.3) is 0 Å². The number of hydrogen-bond acceptors (Lipinski definition) is 2. The van der Waals surface area contributed by atoms with Crippen LogP contribution in [0.4, 0.5) is 0 Å². The molecule has 0 amide bonds. The summed E-state index contributed by atoms with van der Waals surface area (Å²) >= 11 is 0. The number of pyridine rings is 1. The molecule has 3 nitrogen and oxygen atoms in total. The molecule has 0 radical (unpaired) electrons. The minimum Gasteiger partial charge on any atom is -0.296 e. The molecule has 8 rings (SSSR count). The molecule has 0 bridgehead atoms. The molecule has 46 heavy (non-hydrogen) atoms. The Bertz CT molecular complexity index is 2320. The van der Waals surface area contributed by atoms with Crippen LogP contribution >= 0.6 is 0 Å². The summed E-state index contributed by atoms with van der Waals surface area (Å²) in [5.41, 5.74) is 14.1. The fourth-order valence-corrected chi connectivity index (χ4v) is 6.51. The highest BCUT2D eigenvalue weighted by Gasteiger charge is 2.20. The van der Waals surface area contributed by atoms with Gasteiger partial charge in [0.2, 0.25) is 0 Å². The summed E-state index contributed by atoms with van der Waals surface area (Å²) in [5, 5.41) is 0. The summed E-state index contributed by atoms with van der Waals surface area (Å²) < 4.78 is 2.27. The number of aromatic nitrogens is 3. The van der Waals surface area contributed by atoms with Gasteiger partial charge in [-0.15, -0.1) is 0 Å². The van der Waals surface area contributed by atoms with Gasteiger partial charge in [0.05, 0.1) is 28.1 Å². The lowest BCUT2D eigenvalue weighted by Crippen LogP contribution is -2.01. The van der Waals surface area contributed by atoms with Crippen molar-refractivity contribution in [3.8, 4) is 61.6 Å². The Balaban J connectivity index is 1.38. The molecule has 0 aliphatic carbocycles. The lowest BCUT2D eigenvalue weighted by molar-refractivity contribution is 1.00. The van der Waals surface area contributed by atoms with Gasteiger partial charge in [0.1, 0.15) is 5.82 Å². The minimum absolute atomic E-state index is 0.945. The van der Waals surface area contributed by atoms with Crippen LogP contribution < -0.4 is 0 Å². The van der Waals surface area contributed by atoms with Crippen molar-refractivity contribution in [2.45, 2.75) is 6.92 Å². The predicted octanol–water partition coefficient (Wildman–Crippen LogP) is 11.1. The van der Waals surface area contributed by atoms with Gasteiger partial charge >= 0.3 is 0 Å². The van der Waals surface area contributed by atoms with Crippen LogP contribution in [0.2, 0.25) is 0 Å². The van der Waals surface area contributed by atoms with E-state index in [2.05, 4.69) is 169 Å². The maximum atomic E-state index is 5.42. The van der Waals surface area contributed by atoms with Crippen molar-refractivity contribution in [2.24, 2.45) is 0 Å². The topological polar surface area (TPSA) is 30.7 Å². The number of rotatable bonds is 6. The lowest BCUT2D eigenvalue weighted by atomic mass is 9.88. The largest absolute Gasteiger partial charge is 0.296 e. The van der Waals surface area contributed by atoms with Crippen LogP contribution in [-0.4, -0.2) is 14.5 Å². The third-order valence-corrected chi connectivity index (χ3v) is 8.61. The minimum atomic E-state index is 0.945. The van der Waals surface area contributed by atoms with Crippen molar-refractivity contribution in [1.29, 1.82) is 0 Å². The molecule has 0 aliphatic heterocycles. The molecule has 2 heterocycles. The average molecular weight is 590 g/mol. The van der Waals surface area contributed by atoms with Crippen LogP contribution in [0.3, 0.4) is 0 Å². The van der Waals surface area contributed by atoms with Crippen molar-refractivity contribution < 1.29 is 0 Å². The molecule has 0 saturated carbocycles. The van der Waals surface area contributed by atoms with Crippen LogP contribution in [0.15, 0.2) is 170 Å². The van der Waals surface area contributed by atoms with Crippen molar-refractivity contribution in [3.63, 3.8) is 0 Å². The van der Waals surface area contributed by atoms with Crippen LogP contribution in [0.5, 0.6) is 0 Å². The number of imidazole rings is 1. The van der Waals surface area contributed by atoms with E-state index >= 15 is 0 Å². The van der Waals surface area contributed by atoms with Crippen LogP contribution in [0.1, 0.15) is 5.82 Å². The average Bonchev–Trinajstić information content (AvgIpc) is 3.47. The SMILES string of the molecule is Cc1nc2ccccc2n1-c1ccccc1-c1ccccc1-c1ccc(-c2ccccc2)nc1-c1ccccc1-c1ccccc1. The van der Waals surface area contributed by atoms with Crippen molar-refractivity contribution in [3.05, 3.63) is 176 Å². The summed E-state index contributed by atoms with van der Waals surface area (Å²) in [6, 6.07) is 59.6. The Morgan fingerprint density at radius 1 is 0.391 bits per heavy atom. The Morgan fingerprint density at radius 2 is 0.935 bits per heavy atom. The molecule has 0 aliphatic rings. The summed E-state index contributed by atoms with van der Waals surface area (Å²) in [5.74, 6) is 0.956. The molecule has 0 N–H and O–H groups in total. The highest BCUT2D eigenvalue weighted by Crippen LogP contribution is 2.43. The van der Waals surface area contributed by atoms with Crippen LogP contribution in [-0.2, 0) is 0 Å². The fraction of sp³-hybridized carbons (Fsp3) is 0.0233. The van der Waals surface area contributed by atoms with Crippen molar-refractivity contribution in [2.75, 3.05) is 0 Å². The summed E-state index contributed by atoms with van der Waals surface area (Å²) in [4.78, 5) is 10.3. The molecule has 0 spiro atoms. The van der Waals surface area contributed by atoms with E-state index in [1.807, 2.05) is 12.1 Å². The van der Waals surface area contributed by atoms with E-state index in [0.717, 1.165) is 78.4 Å². The second-order valence-electron chi connectivity index (χ2n) is 11.4. The number of para-hydroxylation sites is 3. The van der Waals surface area contributed by atoms with Crippen LogP contribution in [0.25, 0.3) is 72.6 Å². The molecule has 0 unspecified atom stereocenters. The second-order valence-corrected chi connectivity index (χ2v) is 11.4. The van der Waals surface area contributed by atoms with E-state index in [1.54, 1.807) is 0 Å². The first-order valence-corrected chi connectivity index (χ1v) is 15.6. The molecular formula is C43H31N3. The molecule has 6 aromatic carbocycles. The normalized spacial score (nSPS) is 11.2. The maximum Gasteiger partial charge on any atom is 0.111 e. The zero-order valence-corrected chi connectivity index (χ0v) is 25.5. The summed E-state index contributed by atoms with van der Waals surface area (Å²) in [6.45, 7) is 2.08. The predicted molar refractivity (Wildman–Crippen MR) is 191 cm³/mol. The van der Waals surface area contributed by atoms with Crippen molar-refractivity contribution >= 4 is 11.0 Å². The highest BCUT2D eigenvalue weighted by atomic mass is 15.1. The Labute approximate surface area is 269 Å². The highest BCUT2D eigenvalue weighted by molar-refractivity contribution is 5.96. The third-order valence-electron chi connectivity index (χ3n) is 8.61. The standard InChI is InChI=1S/C43H31N3/c1-30-44-40-25-13-15-27-42(40)46(30)41-26-14-12-23-36(41)34-21-9-10-22-35(34)38-28-29-39(32-18-6-3-7-19-32)45-43(38)37-24-11-8-20-33(37)31-16-4-2-5-17-31/h2-29H,1H3. The second kappa shape index (κ2) is 11.8. The van der Waals surface area contributed by atoms with Gasteiger partial charge in [0, 0.05) is 22.3 Å². The number of fused-ring (bicyclic) bond motifs is 1. The monoisotopic (exact) mass is 589 g/mol. The van der Waals surface area contributed by atoms with Gasteiger partial charge in [-0.1, -0.05) is 140 Å². The van der Waals surface area contributed by atoms with E-state index in [0.29, 0.717) is 0 Å². The first kappa shape index (κ1) is 27.5. The van der Waals surface area contributed by atoms with Gasteiger partial charge < -0.3 is 0 Å². The number of nitrogens with zero attached hydrogens (tertiary/aromatic N) is 3. The first-order valence-electron chi connectivity index (χ1n) is 15.6. The smallest absolute Gasteiger partial charge is 0.111 e. The molecule has 0 fully saturated rings. The van der Waals surface area contributed by atoms with Crippen LogP contribution in [0, 0.1) is 6.92 Å². The fourth-order valence-electron chi connectivity index (χ4n) is 6.51. The third kappa shape index (κ3) is 4.89. The Kier molecular flexibility index (Phi) is 7.05. The molecule has 0 atom stereocenters. The van der Waals surface area contributed by atoms with E-state index in [-0.39, 0.29) is 0 Å². The number of aryl methyl sites for hydroxylation is 1. The van der Waals surface area contributed by atoms with Gasteiger partial charge in [-0.3, -0.25) is 4.57 Å². The molecule has 8 aromatic rings. The van der Waals surface area contributed by atoms with E-state index in [1.165, 1.54) is 0 Å². The van der Waals surface area contributed by atoms with Gasteiger partial charge in [-0.25, -0.2) is 9.97 Å². The van der Waals surface area contributed by atoms with Crippen molar-refractivity contribution in [1.82, 2.24) is 14.5 Å². The molecule has 2 aromatic heterocycles. The quantitative estimate of drug-likeness (QED) is 0.193.